The average Bonchev–Trinajstić information content (AvgIpc) is 2.66. The van der Waals surface area contributed by atoms with E-state index in [0.717, 1.165) is 25.1 Å². The second-order valence-electron chi connectivity index (χ2n) is 4.71. The number of hydrogen-bond acceptors (Lipinski definition) is 2. The summed E-state index contributed by atoms with van der Waals surface area (Å²) in [5.74, 6) is 0. The van der Waals surface area contributed by atoms with Gasteiger partial charge in [-0.05, 0) is 24.9 Å². The second kappa shape index (κ2) is 7.01. The summed E-state index contributed by atoms with van der Waals surface area (Å²) in [7, 11) is 0. The average molecular weight is 247 g/mol. The maximum absolute atomic E-state index is 11.7. The van der Waals surface area contributed by atoms with Gasteiger partial charge >= 0.3 is 6.03 Å². The summed E-state index contributed by atoms with van der Waals surface area (Å²) in [6.45, 7) is 2.51. The molecule has 0 spiro atoms. The van der Waals surface area contributed by atoms with Gasteiger partial charge in [-0.25, -0.2) is 4.79 Å². The number of urea groups is 1. The number of carbonyl (C=O) groups excluding carboxylic acids is 1. The quantitative estimate of drug-likeness (QED) is 0.760. The largest absolute Gasteiger partial charge is 0.334 e. The highest BCUT2D eigenvalue weighted by Gasteiger charge is 2.13. The summed E-state index contributed by atoms with van der Waals surface area (Å²) in [5.41, 5.74) is 1.12. The fourth-order valence-electron chi connectivity index (χ4n) is 2.16. The van der Waals surface area contributed by atoms with Crippen LogP contribution in [0.5, 0.6) is 0 Å². The van der Waals surface area contributed by atoms with Crippen molar-refractivity contribution in [3.63, 3.8) is 0 Å². The summed E-state index contributed by atoms with van der Waals surface area (Å²) < 4.78 is 0. The number of benzene rings is 1. The molecule has 0 radical (unpaired) electrons. The Morgan fingerprint density at radius 2 is 2.11 bits per heavy atom. The van der Waals surface area contributed by atoms with Crippen molar-refractivity contribution in [2.45, 2.75) is 31.8 Å². The van der Waals surface area contributed by atoms with E-state index >= 15 is 0 Å². The topological polar surface area (TPSA) is 53.2 Å². The van der Waals surface area contributed by atoms with Gasteiger partial charge in [-0.2, -0.15) is 0 Å². The predicted octanol–water partition coefficient (Wildman–Crippen LogP) is 1.63. The molecule has 4 heteroatoms. The Bertz CT molecular complexity index is 359. The van der Waals surface area contributed by atoms with E-state index in [0.29, 0.717) is 6.54 Å². The van der Waals surface area contributed by atoms with E-state index in [4.69, 9.17) is 0 Å². The first kappa shape index (κ1) is 12.9. The van der Waals surface area contributed by atoms with Crippen LogP contribution in [0.25, 0.3) is 0 Å². The molecule has 1 aromatic carbocycles. The summed E-state index contributed by atoms with van der Waals surface area (Å²) in [4.78, 5) is 11.7. The summed E-state index contributed by atoms with van der Waals surface area (Å²) in [5, 5.41) is 9.24. The first-order valence-electron chi connectivity index (χ1n) is 6.63. The molecular weight excluding hydrogens is 226 g/mol. The van der Waals surface area contributed by atoms with Crippen molar-refractivity contribution in [2.75, 3.05) is 13.1 Å². The van der Waals surface area contributed by atoms with Crippen LogP contribution in [0.1, 0.15) is 24.8 Å². The molecule has 1 saturated heterocycles. The van der Waals surface area contributed by atoms with Gasteiger partial charge in [-0.3, -0.25) is 0 Å². The van der Waals surface area contributed by atoms with Crippen molar-refractivity contribution in [1.29, 1.82) is 0 Å². The highest BCUT2D eigenvalue weighted by atomic mass is 16.2. The fraction of sp³-hybridized carbons (Fsp3) is 0.500. The van der Waals surface area contributed by atoms with Gasteiger partial charge in [0.05, 0.1) is 0 Å². The van der Waals surface area contributed by atoms with E-state index < -0.39 is 0 Å². The third-order valence-corrected chi connectivity index (χ3v) is 3.18. The molecule has 1 unspecified atom stereocenters. The van der Waals surface area contributed by atoms with Crippen LogP contribution >= 0.6 is 0 Å². The van der Waals surface area contributed by atoms with Crippen molar-refractivity contribution < 1.29 is 4.79 Å². The zero-order valence-electron chi connectivity index (χ0n) is 10.6. The van der Waals surface area contributed by atoms with Crippen LogP contribution in [0.15, 0.2) is 30.3 Å². The van der Waals surface area contributed by atoms with Crippen LogP contribution in [0, 0.1) is 0 Å². The monoisotopic (exact) mass is 247 g/mol. The minimum atomic E-state index is -0.0763. The number of nitrogens with one attached hydrogen (secondary N) is 3. The molecule has 2 rings (SSSR count). The molecule has 1 heterocycles. The molecule has 3 N–H and O–H groups in total. The fourth-order valence-corrected chi connectivity index (χ4v) is 2.16. The van der Waals surface area contributed by atoms with Crippen LogP contribution in [0.3, 0.4) is 0 Å². The number of rotatable bonds is 3. The normalized spacial score (nSPS) is 19.9. The molecule has 1 aromatic rings. The van der Waals surface area contributed by atoms with Crippen molar-refractivity contribution in [3.8, 4) is 0 Å². The van der Waals surface area contributed by atoms with Gasteiger partial charge in [0.2, 0.25) is 0 Å². The van der Waals surface area contributed by atoms with E-state index in [2.05, 4.69) is 16.0 Å². The number of amides is 2. The van der Waals surface area contributed by atoms with E-state index in [1.807, 2.05) is 30.3 Å². The molecule has 2 amide bonds. The van der Waals surface area contributed by atoms with E-state index in [1.54, 1.807) is 0 Å². The lowest BCUT2D eigenvalue weighted by atomic mass is 10.1. The Morgan fingerprint density at radius 3 is 2.94 bits per heavy atom. The minimum absolute atomic E-state index is 0.0763. The summed E-state index contributed by atoms with van der Waals surface area (Å²) in [6.07, 6.45) is 3.44. The third kappa shape index (κ3) is 4.37. The number of hydrogen-bond donors (Lipinski definition) is 3. The van der Waals surface area contributed by atoms with Gasteiger partial charge in [0.1, 0.15) is 0 Å². The zero-order valence-corrected chi connectivity index (χ0v) is 10.6. The van der Waals surface area contributed by atoms with Gasteiger partial charge in [-0.15, -0.1) is 0 Å². The summed E-state index contributed by atoms with van der Waals surface area (Å²) >= 11 is 0. The van der Waals surface area contributed by atoms with Crippen LogP contribution in [-0.2, 0) is 6.54 Å². The van der Waals surface area contributed by atoms with Gasteiger partial charge in [0, 0.05) is 19.1 Å². The lowest BCUT2D eigenvalue weighted by Gasteiger charge is -2.16. The predicted molar refractivity (Wildman–Crippen MR) is 72.3 cm³/mol. The SMILES string of the molecule is O=C(NCc1ccccc1)NC1CCCCNC1. The highest BCUT2D eigenvalue weighted by molar-refractivity contribution is 5.74. The Kier molecular flexibility index (Phi) is 5.02. The third-order valence-electron chi connectivity index (χ3n) is 3.18. The van der Waals surface area contributed by atoms with Crippen molar-refractivity contribution in [1.82, 2.24) is 16.0 Å². The van der Waals surface area contributed by atoms with Crippen LogP contribution in [-0.4, -0.2) is 25.2 Å². The molecule has 4 nitrogen and oxygen atoms in total. The lowest BCUT2D eigenvalue weighted by Crippen LogP contribution is -2.45. The molecule has 0 aromatic heterocycles. The standard InChI is InChI=1S/C14H21N3O/c18-14(16-10-12-6-2-1-3-7-12)17-13-8-4-5-9-15-11-13/h1-3,6-7,13,15H,4-5,8-11H2,(H2,16,17,18). The van der Waals surface area contributed by atoms with E-state index in [-0.39, 0.29) is 12.1 Å². The molecule has 0 saturated carbocycles. The van der Waals surface area contributed by atoms with Crippen molar-refractivity contribution in [2.24, 2.45) is 0 Å². The van der Waals surface area contributed by atoms with Crippen molar-refractivity contribution >= 4 is 6.03 Å². The van der Waals surface area contributed by atoms with Crippen LogP contribution < -0.4 is 16.0 Å². The van der Waals surface area contributed by atoms with Gasteiger partial charge in [-0.1, -0.05) is 36.8 Å². The molecular formula is C14H21N3O. The van der Waals surface area contributed by atoms with E-state index in [9.17, 15) is 4.79 Å². The van der Waals surface area contributed by atoms with Gasteiger partial charge in [0.25, 0.3) is 0 Å². The maximum atomic E-state index is 11.7. The Hall–Kier alpha value is -1.55. The Balaban J connectivity index is 1.71. The first-order valence-corrected chi connectivity index (χ1v) is 6.63. The first-order chi connectivity index (χ1) is 8.84. The van der Waals surface area contributed by atoms with Crippen molar-refractivity contribution in [3.05, 3.63) is 35.9 Å². The summed E-state index contributed by atoms with van der Waals surface area (Å²) in [6, 6.07) is 10.1. The highest BCUT2D eigenvalue weighted by Crippen LogP contribution is 2.04. The number of carbonyl (C=O) groups is 1. The Labute approximate surface area is 108 Å². The molecule has 98 valence electrons. The molecule has 1 atom stereocenters. The van der Waals surface area contributed by atoms with Crippen LogP contribution in [0.2, 0.25) is 0 Å². The van der Waals surface area contributed by atoms with E-state index in [1.165, 1.54) is 12.8 Å². The zero-order chi connectivity index (χ0) is 12.6. The Morgan fingerprint density at radius 1 is 1.28 bits per heavy atom. The molecule has 1 aliphatic rings. The maximum Gasteiger partial charge on any atom is 0.315 e. The molecule has 0 bridgehead atoms. The smallest absolute Gasteiger partial charge is 0.315 e. The molecule has 1 aliphatic heterocycles. The second-order valence-corrected chi connectivity index (χ2v) is 4.71. The molecule has 0 aliphatic carbocycles. The van der Waals surface area contributed by atoms with Gasteiger partial charge in [0.15, 0.2) is 0 Å². The van der Waals surface area contributed by atoms with Crippen LogP contribution in [0.4, 0.5) is 4.79 Å². The molecule has 18 heavy (non-hydrogen) atoms. The minimum Gasteiger partial charge on any atom is -0.334 e. The van der Waals surface area contributed by atoms with Gasteiger partial charge < -0.3 is 16.0 Å². The molecule has 1 fully saturated rings. The lowest BCUT2D eigenvalue weighted by molar-refractivity contribution is 0.236.